The largest absolute Gasteiger partial charge is 0.337 e. The summed E-state index contributed by atoms with van der Waals surface area (Å²) in [6.45, 7) is 0.660. The Balaban J connectivity index is 1.31. The molecule has 4 heterocycles. The van der Waals surface area contributed by atoms with Crippen molar-refractivity contribution < 1.29 is 0 Å². The Morgan fingerprint density at radius 3 is 1.92 bits per heavy atom. The summed E-state index contributed by atoms with van der Waals surface area (Å²) in [6.07, 6.45) is 24.4. The van der Waals surface area contributed by atoms with Crippen molar-refractivity contribution in [2.75, 3.05) is 11.4 Å². The van der Waals surface area contributed by atoms with Gasteiger partial charge in [0.2, 0.25) is 0 Å². The van der Waals surface area contributed by atoms with Crippen LogP contribution in [0, 0.1) is 28.1 Å². The standard InChI is InChI=1S/C57H40N6/c58-34-43-53(61-46-25-9-2-18-37(46)38-19-3-10-26-47(38)61)44(35-59)55(62-48-27-11-4-20-39(48)40-21-5-12-28-49(40)62)56(63-50-29-13-6-22-41(50)42-23-7-14-30-51(42)63)54(43)60-36-57(32-16-1-17-33-57)45-24-8-15-31-52(45)60/h1-2,4,6-7,9,11,13-18,20-23,25,27-32H,3,8,10,19,24,26,33,36H2. The summed E-state index contributed by atoms with van der Waals surface area (Å²) < 4.78 is 6.97. The summed E-state index contributed by atoms with van der Waals surface area (Å²) in [5.74, 6) is 0. The summed E-state index contributed by atoms with van der Waals surface area (Å²) in [5, 5.41) is 28.8. The summed E-state index contributed by atoms with van der Waals surface area (Å²) in [6, 6.07) is 40.0. The molecule has 0 radical (unpaired) electrons. The molecule has 8 aromatic rings. The fourth-order valence-electron chi connectivity index (χ4n) is 11.9. The molecule has 0 N–H and O–H groups in total. The van der Waals surface area contributed by atoms with Crippen LogP contribution < -0.4 is 4.90 Å². The van der Waals surface area contributed by atoms with Crippen LogP contribution in [-0.2, 0) is 12.8 Å². The van der Waals surface area contributed by atoms with E-state index in [0.717, 1.165) is 117 Å². The van der Waals surface area contributed by atoms with E-state index >= 15 is 0 Å². The zero-order valence-electron chi connectivity index (χ0n) is 34.7. The van der Waals surface area contributed by atoms with Gasteiger partial charge in [0.1, 0.15) is 23.3 Å². The lowest BCUT2D eigenvalue weighted by Crippen LogP contribution is -2.31. The number of aromatic nitrogens is 3. The average Bonchev–Trinajstić information content (AvgIpc) is 4.06. The smallest absolute Gasteiger partial charge is 0.104 e. The molecule has 63 heavy (non-hydrogen) atoms. The monoisotopic (exact) mass is 808 g/mol. The molecule has 5 aromatic carbocycles. The van der Waals surface area contributed by atoms with Crippen LogP contribution >= 0.6 is 0 Å². The molecule has 1 unspecified atom stereocenters. The molecule has 0 saturated heterocycles. The van der Waals surface area contributed by atoms with E-state index in [-0.39, 0.29) is 5.41 Å². The molecule has 6 heteroatoms. The zero-order valence-corrected chi connectivity index (χ0v) is 34.7. The van der Waals surface area contributed by atoms with Gasteiger partial charge in [0.15, 0.2) is 0 Å². The summed E-state index contributed by atoms with van der Waals surface area (Å²) in [7, 11) is 0. The molecule has 5 aliphatic rings. The Morgan fingerprint density at radius 1 is 0.571 bits per heavy atom. The van der Waals surface area contributed by atoms with E-state index < -0.39 is 0 Å². The minimum atomic E-state index is -0.245. The molecule has 13 rings (SSSR count). The van der Waals surface area contributed by atoms with Crippen LogP contribution in [-0.4, -0.2) is 20.2 Å². The van der Waals surface area contributed by atoms with E-state index in [1.54, 1.807) is 0 Å². The van der Waals surface area contributed by atoms with Crippen LogP contribution in [0.15, 0.2) is 156 Å². The quantitative estimate of drug-likeness (QED) is 0.166. The van der Waals surface area contributed by atoms with Crippen molar-refractivity contribution in [2.24, 2.45) is 5.41 Å². The van der Waals surface area contributed by atoms with Crippen molar-refractivity contribution in [1.29, 1.82) is 10.5 Å². The molecule has 4 aliphatic carbocycles. The number of benzene rings is 5. The van der Waals surface area contributed by atoms with E-state index in [1.807, 2.05) is 12.2 Å². The number of allylic oxidation sites excluding steroid dienone is 5. The van der Waals surface area contributed by atoms with E-state index in [2.05, 4.69) is 176 Å². The number of hydrogen-bond acceptors (Lipinski definition) is 3. The molecule has 298 valence electrons. The first kappa shape index (κ1) is 35.7. The van der Waals surface area contributed by atoms with Gasteiger partial charge in [-0.05, 0) is 92.5 Å². The number of anilines is 1. The Morgan fingerprint density at radius 2 is 1.21 bits per heavy atom. The number of hydrogen-bond donors (Lipinski definition) is 0. The van der Waals surface area contributed by atoms with Crippen LogP contribution in [0.2, 0.25) is 0 Å². The van der Waals surface area contributed by atoms with Crippen LogP contribution in [0.4, 0.5) is 5.69 Å². The fourth-order valence-corrected chi connectivity index (χ4v) is 11.9. The van der Waals surface area contributed by atoms with Crippen LogP contribution in [0.3, 0.4) is 0 Å². The minimum absolute atomic E-state index is 0.245. The number of nitriles is 2. The molecule has 6 nitrogen and oxygen atoms in total. The Kier molecular flexibility index (Phi) is 7.67. The van der Waals surface area contributed by atoms with Crippen molar-refractivity contribution in [2.45, 2.75) is 44.9 Å². The van der Waals surface area contributed by atoms with Gasteiger partial charge >= 0.3 is 0 Å². The van der Waals surface area contributed by atoms with Gasteiger partial charge in [-0.25, -0.2) is 0 Å². The predicted octanol–water partition coefficient (Wildman–Crippen LogP) is 13.0. The summed E-state index contributed by atoms with van der Waals surface area (Å²) >= 11 is 0. The highest BCUT2D eigenvalue weighted by atomic mass is 15.2. The second-order valence-electron chi connectivity index (χ2n) is 17.5. The van der Waals surface area contributed by atoms with Crippen LogP contribution in [0.5, 0.6) is 0 Å². The van der Waals surface area contributed by atoms with Gasteiger partial charge in [-0.1, -0.05) is 115 Å². The number of fused-ring (bicyclic) bond motifs is 10. The number of aryl methyl sites for hydroxylation is 1. The first-order valence-electron chi connectivity index (χ1n) is 22.2. The molecule has 0 fully saturated rings. The fraction of sp³-hybridized carbons (Fsp3) is 0.158. The van der Waals surface area contributed by atoms with Gasteiger partial charge in [-0.3, -0.25) is 0 Å². The topological polar surface area (TPSA) is 65.6 Å². The van der Waals surface area contributed by atoms with Gasteiger partial charge in [0.05, 0.1) is 50.5 Å². The molecule has 3 aromatic heterocycles. The van der Waals surface area contributed by atoms with Crippen molar-refractivity contribution in [3.8, 4) is 29.2 Å². The Hall–Kier alpha value is -7.98. The number of para-hydroxylation sites is 4. The van der Waals surface area contributed by atoms with Gasteiger partial charge in [0, 0.05) is 56.5 Å². The molecule has 0 saturated carbocycles. The lowest BCUT2D eigenvalue weighted by Gasteiger charge is -2.34. The van der Waals surface area contributed by atoms with E-state index in [9.17, 15) is 10.5 Å². The third kappa shape index (κ3) is 4.83. The summed E-state index contributed by atoms with van der Waals surface area (Å²) in [4.78, 5) is 2.46. The molecule has 1 aliphatic heterocycles. The first-order valence-corrected chi connectivity index (χ1v) is 22.2. The Labute approximate surface area is 365 Å². The third-order valence-corrected chi connectivity index (χ3v) is 14.4. The molecular formula is C57H40N6. The normalized spacial score (nSPS) is 18.3. The van der Waals surface area contributed by atoms with Crippen molar-refractivity contribution in [3.63, 3.8) is 0 Å². The van der Waals surface area contributed by atoms with Gasteiger partial charge < -0.3 is 18.6 Å². The Bertz CT molecular complexity index is 3640. The van der Waals surface area contributed by atoms with Gasteiger partial charge in [-0.15, -0.1) is 0 Å². The number of nitrogens with zero attached hydrogens (tertiary/aromatic N) is 6. The highest BCUT2D eigenvalue weighted by Crippen LogP contribution is 2.55. The van der Waals surface area contributed by atoms with E-state index in [1.165, 1.54) is 22.2 Å². The SMILES string of the molecule is N#Cc1c(N2CC3(C=CC=CC3)C3=C2C=CCC3)c(-n2c3ccccc3c3ccccc32)c(-n2c3c(c4ccccc42)C=C=C=C3)c(C#N)c1-n1c2c(c3ccccc31)CCCC2. The second-order valence-corrected chi connectivity index (χ2v) is 17.5. The van der Waals surface area contributed by atoms with Crippen LogP contribution in [0.25, 0.3) is 72.8 Å². The average molecular weight is 809 g/mol. The second kappa shape index (κ2) is 13.5. The summed E-state index contributed by atoms with van der Waals surface area (Å²) in [5.41, 5.74) is 21.3. The molecular weight excluding hydrogens is 769 g/mol. The maximum atomic E-state index is 12.2. The van der Waals surface area contributed by atoms with Crippen LogP contribution in [0.1, 0.15) is 65.7 Å². The minimum Gasteiger partial charge on any atom is -0.337 e. The molecule has 0 amide bonds. The highest BCUT2D eigenvalue weighted by Gasteiger charge is 2.46. The van der Waals surface area contributed by atoms with E-state index in [4.69, 9.17) is 0 Å². The highest BCUT2D eigenvalue weighted by molar-refractivity contribution is 6.11. The molecule has 1 spiro atoms. The molecule has 0 bridgehead atoms. The maximum Gasteiger partial charge on any atom is 0.104 e. The zero-order chi connectivity index (χ0) is 41.8. The van der Waals surface area contributed by atoms with Crippen molar-refractivity contribution >= 4 is 61.5 Å². The number of rotatable bonds is 4. The van der Waals surface area contributed by atoms with Crippen molar-refractivity contribution in [3.05, 3.63) is 190 Å². The van der Waals surface area contributed by atoms with Gasteiger partial charge in [0.25, 0.3) is 0 Å². The predicted molar refractivity (Wildman–Crippen MR) is 255 cm³/mol. The molecule has 1 atom stereocenters. The van der Waals surface area contributed by atoms with E-state index in [0.29, 0.717) is 23.4 Å². The maximum absolute atomic E-state index is 12.2. The lowest BCUT2D eigenvalue weighted by molar-refractivity contribution is 0.482. The third-order valence-electron chi connectivity index (χ3n) is 14.4. The first-order chi connectivity index (χ1) is 31.2. The lowest BCUT2D eigenvalue weighted by atomic mass is 9.74. The van der Waals surface area contributed by atoms with Gasteiger partial charge in [-0.2, -0.15) is 10.5 Å². The van der Waals surface area contributed by atoms with Crippen molar-refractivity contribution in [1.82, 2.24) is 13.7 Å².